The third-order valence-electron chi connectivity index (χ3n) is 3.20. The molecule has 2 aromatic rings. The summed E-state index contributed by atoms with van der Waals surface area (Å²) in [4.78, 5) is 0. The van der Waals surface area contributed by atoms with Crippen LogP contribution >= 0.6 is 15.9 Å². The highest BCUT2D eigenvalue weighted by Gasteiger charge is 2.08. The number of hydrogen-bond acceptors (Lipinski definition) is 3. The van der Waals surface area contributed by atoms with Crippen LogP contribution in [0.5, 0.6) is 5.75 Å². The first kappa shape index (κ1) is 16.0. The fourth-order valence-corrected chi connectivity index (χ4v) is 2.50. The maximum absolute atomic E-state index is 5.98. The first-order valence-electron chi connectivity index (χ1n) is 7.10. The van der Waals surface area contributed by atoms with Crippen LogP contribution in [-0.4, -0.2) is 15.8 Å². The Morgan fingerprint density at radius 2 is 2.10 bits per heavy atom. The van der Waals surface area contributed by atoms with Gasteiger partial charge in [0.1, 0.15) is 12.4 Å². The van der Waals surface area contributed by atoms with Crippen molar-refractivity contribution in [3.63, 3.8) is 0 Å². The van der Waals surface area contributed by atoms with Crippen LogP contribution in [0.4, 0.5) is 0 Å². The van der Waals surface area contributed by atoms with Crippen LogP contribution < -0.4 is 10.1 Å². The number of ether oxygens (including phenoxy) is 1. The zero-order chi connectivity index (χ0) is 15.4. The summed E-state index contributed by atoms with van der Waals surface area (Å²) < 4.78 is 8.91. The summed E-state index contributed by atoms with van der Waals surface area (Å²) in [7, 11) is 1.94. The molecule has 5 heteroatoms. The van der Waals surface area contributed by atoms with E-state index in [0.29, 0.717) is 12.6 Å². The Labute approximate surface area is 134 Å². The molecule has 0 amide bonds. The van der Waals surface area contributed by atoms with Crippen molar-refractivity contribution in [2.45, 2.75) is 40.0 Å². The van der Waals surface area contributed by atoms with E-state index in [0.717, 1.165) is 33.7 Å². The zero-order valence-corrected chi connectivity index (χ0v) is 14.6. The molecule has 114 valence electrons. The van der Waals surface area contributed by atoms with Crippen molar-refractivity contribution in [2.24, 2.45) is 7.05 Å². The Bertz CT molecular complexity index is 608. The highest BCUT2D eigenvalue weighted by Crippen LogP contribution is 2.24. The van der Waals surface area contributed by atoms with Crippen molar-refractivity contribution in [3.8, 4) is 5.75 Å². The summed E-state index contributed by atoms with van der Waals surface area (Å²) in [5.41, 5.74) is 3.23. The van der Waals surface area contributed by atoms with Gasteiger partial charge in [0.15, 0.2) is 0 Å². The molecule has 0 fully saturated rings. The van der Waals surface area contributed by atoms with Crippen LogP contribution in [0.15, 0.2) is 28.7 Å². The third-order valence-corrected chi connectivity index (χ3v) is 3.69. The van der Waals surface area contributed by atoms with Crippen LogP contribution in [-0.2, 0) is 20.2 Å². The Kier molecular flexibility index (Phi) is 5.42. The second kappa shape index (κ2) is 7.09. The summed E-state index contributed by atoms with van der Waals surface area (Å²) in [5.74, 6) is 0.908. The molecule has 1 aromatic carbocycles. The van der Waals surface area contributed by atoms with Gasteiger partial charge in [0.05, 0.1) is 11.4 Å². The molecule has 0 aliphatic carbocycles. The molecule has 21 heavy (non-hydrogen) atoms. The molecule has 0 aliphatic rings. The molecular weight excluding hydrogens is 330 g/mol. The molecule has 4 nitrogen and oxygen atoms in total. The van der Waals surface area contributed by atoms with E-state index < -0.39 is 0 Å². The molecule has 1 aromatic heterocycles. The molecule has 0 radical (unpaired) electrons. The summed E-state index contributed by atoms with van der Waals surface area (Å²) in [6, 6.07) is 8.59. The quantitative estimate of drug-likeness (QED) is 0.864. The van der Waals surface area contributed by atoms with Crippen molar-refractivity contribution in [1.29, 1.82) is 0 Å². The van der Waals surface area contributed by atoms with Gasteiger partial charge in [0.25, 0.3) is 0 Å². The van der Waals surface area contributed by atoms with Gasteiger partial charge in [-0.1, -0.05) is 29.8 Å². The predicted octanol–water partition coefficient (Wildman–Crippen LogP) is 3.57. The number of aromatic nitrogens is 2. The number of rotatable bonds is 6. The summed E-state index contributed by atoms with van der Waals surface area (Å²) in [6.45, 7) is 7.57. The van der Waals surface area contributed by atoms with E-state index in [1.54, 1.807) is 0 Å². The van der Waals surface area contributed by atoms with Crippen molar-refractivity contribution < 1.29 is 4.74 Å². The van der Waals surface area contributed by atoms with Crippen LogP contribution in [0.2, 0.25) is 0 Å². The molecule has 1 heterocycles. The Morgan fingerprint density at radius 1 is 1.33 bits per heavy atom. The minimum absolute atomic E-state index is 0.441. The Balaban J connectivity index is 2.09. The summed E-state index contributed by atoms with van der Waals surface area (Å²) in [6.07, 6.45) is 0. The van der Waals surface area contributed by atoms with Gasteiger partial charge in [-0.3, -0.25) is 4.68 Å². The fourth-order valence-electron chi connectivity index (χ4n) is 2.09. The molecule has 0 saturated carbocycles. The van der Waals surface area contributed by atoms with Gasteiger partial charge in [-0.15, -0.1) is 0 Å². The summed E-state index contributed by atoms with van der Waals surface area (Å²) in [5, 5.41) is 7.76. The SMILES string of the molecule is Cc1cc(COc2ccc(Br)cc2CNC(C)C)n(C)n1. The van der Waals surface area contributed by atoms with E-state index in [-0.39, 0.29) is 0 Å². The maximum atomic E-state index is 5.98. The van der Waals surface area contributed by atoms with Gasteiger partial charge in [0.2, 0.25) is 0 Å². The largest absolute Gasteiger partial charge is 0.487 e. The van der Waals surface area contributed by atoms with Crippen LogP contribution in [0.1, 0.15) is 30.8 Å². The average Bonchev–Trinajstić information content (AvgIpc) is 2.73. The molecule has 0 saturated heterocycles. The molecule has 1 N–H and O–H groups in total. The minimum atomic E-state index is 0.441. The first-order chi connectivity index (χ1) is 9.95. The number of nitrogens with one attached hydrogen (secondary N) is 1. The Morgan fingerprint density at radius 3 is 2.71 bits per heavy atom. The Hall–Kier alpha value is -1.33. The number of halogens is 1. The highest BCUT2D eigenvalue weighted by atomic mass is 79.9. The molecule has 0 bridgehead atoms. The van der Waals surface area contributed by atoms with E-state index in [2.05, 4.69) is 46.3 Å². The monoisotopic (exact) mass is 351 g/mol. The topological polar surface area (TPSA) is 39.1 Å². The average molecular weight is 352 g/mol. The summed E-state index contributed by atoms with van der Waals surface area (Å²) >= 11 is 3.52. The standard InChI is InChI=1S/C16H22BrN3O/c1-11(2)18-9-13-8-14(17)5-6-16(13)21-10-15-7-12(3)19-20(15)4/h5-8,11,18H,9-10H2,1-4H3. The van der Waals surface area contributed by atoms with Crippen molar-refractivity contribution >= 4 is 15.9 Å². The van der Waals surface area contributed by atoms with E-state index in [1.165, 1.54) is 0 Å². The lowest BCUT2D eigenvalue weighted by atomic mass is 10.2. The van der Waals surface area contributed by atoms with Gasteiger partial charge < -0.3 is 10.1 Å². The molecule has 0 unspecified atom stereocenters. The highest BCUT2D eigenvalue weighted by molar-refractivity contribution is 9.10. The molecule has 0 aliphatic heterocycles. The van der Waals surface area contributed by atoms with Gasteiger partial charge in [-0.25, -0.2) is 0 Å². The van der Waals surface area contributed by atoms with E-state index in [1.807, 2.05) is 36.9 Å². The molecule has 0 atom stereocenters. The fraction of sp³-hybridized carbons (Fsp3) is 0.438. The van der Waals surface area contributed by atoms with Crippen molar-refractivity contribution in [2.75, 3.05) is 0 Å². The smallest absolute Gasteiger partial charge is 0.130 e. The van der Waals surface area contributed by atoms with Gasteiger partial charge in [0, 0.05) is 29.7 Å². The minimum Gasteiger partial charge on any atom is -0.487 e. The lowest BCUT2D eigenvalue weighted by Gasteiger charge is -2.14. The number of nitrogens with zero attached hydrogens (tertiary/aromatic N) is 2. The molecular formula is C16H22BrN3O. The van der Waals surface area contributed by atoms with Crippen LogP contribution in [0.3, 0.4) is 0 Å². The predicted molar refractivity (Wildman–Crippen MR) is 88.4 cm³/mol. The zero-order valence-electron chi connectivity index (χ0n) is 13.0. The van der Waals surface area contributed by atoms with Crippen LogP contribution in [0, 0.1) is 6.92 Å². The lowest BCUT2D eigenvalue weighted by Crippen LogP contribution is -2.22. The molecule has 2 rings (SSSR count). The second-order valence-electron chi connectivity index (χ2n) is 5.48. The van der Waals surface area contributed by atoms with Gasteiger partial charge in [-0.2, -0.15) is 5.10 Å². The van der Waals surface area contributed by atoms with Crippen molar-refractivity contribution in [3.05, 3.63) is 45.7 Å². The second-order valence-corrected chi connectivity index (χ2v) is 6.39. The third kappa shape index (κ3) is 4.58. The van der Waals surface area contributed by atoms with Crippen LogP contribution in [0.25, 0.3) is 0 Å². The lowest BCUT2D eigenvalue weighted by molar-refractivity contribution is 0.290. The number of hydrogen-bond donors (Lipinski definition) is 1. The maximum Gasteiger partial charge on any atom is 0.130 e. The van der Waals surface area contributed by atoms with E-state index in [9.17, 15) is 0 Å². The van der Waals surface area contributed by atoms with Crippen molar-refractivity contribution in [1.82, 2.24) is 15.1 Å². The molecule has 0 spiro atoms. The normalized spacial score (nSPS) is 11.1. The number of benzene rings is 1. The van der Waals surface area contributed by atoms with Gasteiger partial charge in [-0.05, 0) is 31.2 Å². The first-order valence-corrected chi connectivity index (χ1v) is 7.89. The van der Waals surface area contributed by atoms with Gasteiger partial charge >= 0.3 is 0 Å². The van der Waals surface area contributed by atoms with E-state index in [4.69, 9.17) is 4.74 Å². The number of aryl methyl sites for hydroxylation is 2. The van der Waals surface area contributed by atoms with E-state index >= 15 is 0 Å².